The molecule has 0 bridgehead atoms. The summed E-state index contributed by atoms with van der Waals surface area (Å²) in [6.07, 6.45) is 1.64. The van der Waals surface area contributed by atoms with E-state index >= 15 is 0 Å². The van der Waals surface area contributed by atoms with Gasteiger partial charge in [-0.05, 0) is 47.5 Å². The van der Waals surface area contributed by atoms with Gasteiger partial charge >= 0.3 is 0 Å². The van der Waals surface area contributed by atoms with Crippen molar-refractivity contribution in [3.05, 3.63) is 28.2 Å². The zero-order valence-corrected chi connectivity index (χ0v) is 13.0. The van der Waals surface area contributed by atoms with Crippen LogP contribution in [0.25, 0.3) is 0 Å². The smallest absolute Gasteiger partial charge is 0.223 e. The molecule has 2 saturated heterocycles. The number of carbonyl (C=O) groups excluding carboxylic acids is 2. The molecule has 3 rings (SSSR count). The molecule has 20 heavy (non-hydrogen) atoms. The van der Waals surface area contributed by atoms with Gasteiger partial charge in [0.05, 0.1) is 5.69 Å². The van der Waals surface area contributed by atoms with Crippen molar-refractivity contribution in [2.45, 2.75) is 25.8 Å². The predicted octanol–water partition coefficient (Wildman–Crippen LogP) is 2.46. The van der Waals surface area contributed by atoms with Gasteiger partial charge in [0.15, 0.2) is 5.78 Å². The Hall–Kier alpha value is -1.36. The standard InChI is InChI=1S/C15H17BrN2O2/c1-10(19)11-2-4-14(13(16)8-11)17-6-7-18-12(9-17)3-5-15(18)20/h2,4,8,12H,3,5-7,9H2,1H3. The van der Waals surface area contributed by atoms with E-state index in [1.165, 1.54) is 0 Å². The van der Waals surface area contributed by atoms with Gasteiger partial charge in [-0.25, -0.2) is 0 Å². The van der Waals surface area contributed by atoms with Crippen LogP contribution >= 0.6 is 15.9 Å². The Kier molecular flexibility index (Phi) is 3.54. The average molecular weight is 337 g/mol. The van der Waals surface area contributed by atoms with Gasteiger partial charge in [0, 0.05) is 42.1 Å². The van der Waals surface area contributed by atoms with Gasteiger partial charge in [-0.15, -0.1) is 0 Å². The van der Waals surface area contributed by atoms with Crippen LogP contribution in [-0.2, 0) is 4.79 Å². The third kappa shape index (κ3) is 2.35. The molecule has 4 nitrogen and oxygen atoms in total. The molecule has 1 atom stereocenters. The fraction of sp³-hybridized carbons (Fsp3) is 0.467. The summed E-state index contributed by atoms with van der Waals surface area (Å²) in [5, 5.41) is 0. The van der Waals surface area contributed by atoms with E-state index in [2.05, 4.69) is 20.8 Å². The number of ketones is 1. The van der Waals surface area contributed by atoms with E-state index in [0.29, 0.717) is 18.4 Å². The first-order valence-electron chi connectivity index (χ1n) is 6.91. The molecular formula is C15H17BrN2O2. The largest absolute Gasteiger partial charge is 0.367 e. The lowest BCUT2D eigenvalue weighted by molar-refractivity contribution is -0.129. The van der Waals surface area contributed by atoms with Gasteiger partial charge in [-0.3, -0.25) is 9.59 Å². The fourth-order valence-electron chi connectivity index (χ4n) is 3.07. The molecule has 0 spiro atoms. The van der Waals surface area contributed by atoms with E-state index in [9.17, 15) is 9.59 Å². The highest BCUT2D eigenvalue weighted by Crippen LogP contribution is 2.31. The maximum Gasteiger partial charge on any atom is 0.223 e. The fourth-order valence-corrected chi connectivity index (χ4v) is 3.70. The van der Waals surface area contributed by atoms with Crippen molar-refractivity contribution < 1.29 is 9.59 Å². The number of Topliss-reactive ketones (excluding diaryl/α,β-unsaturated/α-hetero) is 1. The number of halogens is 1. The minimum absolute atomic E-state index is 0.0726. The number of rotatable bonds is 2. The lowest BCUT2D eigenvalue weighted by Gasteiger charge is -2.39. The van der Waals surface area contributed by atoms with Crippen LogP contribution in [0.15, 0.2) is 22.7 Å². The van der Waals surface area contributed by atoms with E-state index in [1.807, 2.05) is 23.1 Å². The van der Waals surface area contributed by atoms with Crippen molar-refractivity contribution in [1.29, 1.82) is 0 Å². The molecule has 1 aromatic carbocycles. The normalized spacial score (nSPS) is 22.1. The molecular weight excluding hydrogens is 320 g/mol. The summed E-state index contributed by atoms with van der Waals surface area (Å²) in [7, 11) is 0. The van der Waals surface area contributed by atoms with Gasteiger partial charge in [-0.2, -0.15) is 0 Å². The van der Waals surface area contributed by atoms with Crippen molar-refractivity contribution in [3.63, 3.8) is 0 Å². The van der Waals surface area contributed by atoms with E-state index < -0.39 is 0 Å². The molecule has 2 heterocycles. The second-order valence-electron chi connectivity index (χ2n) is 5.45. The van der Waals surface area contributed by atoms with Crippen LogP contribution in [0.3, 0.4) is 0 Å². The Morgan fingerprint density at radius 2 is 2.15 bits per heavy atom. The molecule has 0 N–H and O–H groups in total. The van der Waals surface area contributed by atoms with Crippen LogP contribution in [0.2, 0.25) is 0 Å². The number of amides is 1. The molecule has 2 fully saturated rings. The highest BCUT2D eigenvalue weighted by Gasteiger charge is 2.35. The molecule has 5 heteroatoms. The Balaban J connectivity index is 1.80. The number of anilines is 1. The lowest BCUT2D eigenvalue weighted by Crippen LogP contribution is -2.51. The van der Waals surface area contributed by atoms with Crippen LogP contribution in [0.1, 0.15) is 30.1 Å². The second-order valence-corrected chi connectivity index (χ2v) is 6.30. The van der Waals surface area contributed by atoms with Crippen LogP contribution in [0.5, 0.6) is 0 Å². The molecule has 0 saturated carbocycles. The summed E-state index contributed by atoms with van der Waals surface area (Å²) in [6.45, 7) is 4.10. The van der Waals surface area contributed by atoms with Crippen molar-refractivity contribution in [2.75, 3.05) is 24.5 Å². The molecule has 1 unspecified atom stereocenters. The van der Waals surface area contributed by atoms with Gasteiger partial charge in [0.25, 0.3) is 0 Å². The Bertz CT molecular complexity index is 573. The summed E-state index contributed by atoms with van der Waals surface area (Å²) in [5.41, 5.74) is 1.82. The number of nitrogens with zero attached hydrogens (tertiary/aromatic N) is 2. The van der Waals surface area contributed by atoms with Gasteiger partial charge in [-0.1, -0.05) is 0 Å². The highest BCUT2D eigenvalue weighted by molar-refractivity contribution is 9.10. The van der Waals surface area contributed by atoms with Crippen molar-refractivity contribution in [2.24, 2.45) is 0 Å². The maximum atomic E-state index is 11.7. The first kappa shape index (κ1) is 13.6. The molecule has 1 aromatic rings. The SMILES string of the molecule is CC(=O)c1ccc(N2CCN3C(=O)CCC3C2)c(Br)c1. The zero-order valence-electron chi connectivity index (χ0n) is 11.4. The topological polar surface area (TPSA) is 40.6 Å². The summed E-state index contributed by atoms with van der Waals surface area (Å²) in [5.74, 6) is 0.365. The molecule has 0 aliphatic carbocycles. The average Bonchev–Trinajstić information content (AvgIpc) is 2.79. The molecule has 2 aliphatic heterocycles. The van der Waals surface area contributed by atoms with Crippen LogP contribution in [0, 0.1) is 0 Å². The van der Waals surface area contributed by atoms with Crippen LogP contribution in [0.4, 0.5) is 5.69 Å². The van der Waals surface area contributed by atoms with Gasteiger partial charge < -0.3 is 9.80 Å². The quantitative estimate of drug-likeness (QED) is 0.779. The van der Waals surface area contributed by atoms with Crippen molar-refractivity contribution in [3.8, 4) is 0 Å². The third-order valence-corrected chi connectivity index (χ3v) is 4.82. The van der Waals surface area contributed by atoms with Gasteiger partial charge in [0.1, 0.15) is 0 Å². The molecule has 0 radical (unpaired) electrons. The number of benzene rings is 1. The number of fused-ring (bicyclic) bond motifs is 1. The summed E-state index contributed by atoms with van der Waals surface area (Å²) >= 11 is 3.56. The maximum absolute atomic E-state index is 11.7. The zero-order chi connectivity index (χ0) is 14.3. The monoisotopic (exact) mass is 336 g/mol. The van der Waals surface area contributed by atoms with E-state index in [4.69, 9.17) is 0 Å². The van der Waals surface area contributed by atoms with Gasteiger partial charge in [0.2, 0.25) is 5.91 Å². The number of hydrogen-bond donors (Lipinski definition) is 0. The number of piperazine rings is 1. The van der Waals surface area contributed by atoms with Crippen molar-refractivity contribution >= 4 is 33.3 Å². The molecule has 2 aliphatic rings. The number of carbonyl (C=O) groups is 2. The van der Waals surface area contributed by atoms with E-state index in [0.717, 1.165) is 41.8 Å². The van der Waals surface area contributed by atoms with E-state index in [1.54, 1.807) is 6.92 Å². The first-order chi connectivity index (χ1) is 9.56. The Morgan fingerprint density at radius 3 is 2.85 bits per heavy atom. The minimum Gasteiger partial charge on any atom is -0.367 e. The first-order valence-corrected chi connectivity index (χ1v) is 7.70. The third-order valence-electron chi connectivity index (χ3n) is 4.19. The Morgan fingerprint density at radius 1 is 1.35 bits per heavy atom. The summed E-state index contributed by atoms with van der Waals surface area (Å²) in [4.78, 5) is 27.4. The van der Waals surface area contributed by atoms with Crippen LogP contribution < -0.4 is 4.90 Å². The Labute approximate surface area is 126 Å². The number of hydrogen-bond acceptors (Lipinski definition) is 3. The predicted molar refractivity (Wildman–Crippen MR) is 81.1 cm³/mol. The van der Waals surface area contributed by atoms with E-state index in [-0.39, 0.29) is 5.78 Å². The molecule has 0 aromatic heterocycles. The summed E-state index contributed by atoms with van der Waals surface area (Å²) < 4.78 is 0.947. The minimum atomic E-state index is 0.0726. The molecule has 106 valence electrons. The van der Waals surface area contributed by atoms with Crippen LogP contribution in [-0.4, -0.2) is 42.3 Å². The van der Waals surface area contributed by atoms with Crippen molar-refractivity contribution in [1.82, 2.24) is 4.90 Å². The molecule has 1 amide bonds. The lowest BCUT2D eigenvalue weighted by atomic mass is 10.1. The summed E-state index contributed by atoms with van der Waals surface area (Å²) in [6, 6.07) is 6.08. The highest BCUT2D eigenvalue weighted by atomic mass is 79.9. The second kappa shape index (κ2) is 5.20.